The summed E-state index contributed by atoms with van der Waals surface area (Å²) in [4.78, 5) is 13.9. The van der Waals surface area contributed by atoms with Gasteiger partial charge in [0.05, 0.1) is 6.54 Å². The molecule has 0 amide bonds. The summed E-state index contributed by atoms with van der Waals surface area (Å²) in [6.45, 7) is 8.07. The highest BCUT2D eigenvalue weighted by Crippen LogP contribution is 2.15. The largest absolute Gasteiger partial charge is 0.298 e. The zero-order valence-corrected chi connectivity index (χ0v) is 10.7. The van der Waals surface area contributed by atoms with Crippen molar-refractivity contribution in [3.63, 3.8) is 0 Å². The quantitative estimate of drug-likeness (QED) is 0.713. The van der Waals surface area contributed by atoms with Crippen LogP contribution in [0.3, 0.4) is 0 Å². The van der Waals surface area contributed by atoms with Crippen LogP contribution in [-0.2, 0) is 15.6 Å². The highest BCUT2D eigenvalue weighted by molar-refractivity contribution is 7.85. The van der Waals surface area contributed by atoms with Crippen LogP contribution in [0, 0.1) is 5.41 Å². The van der Waals surface area contributed by atoms with Gasteiger partial charge < -0.3 is 0 Å². The highest BCUT2D eigenvalue weighted by atomic mass is 32.2. The minimum absolute atomic E-state index is 0.258. The lowest BCUT2D eigenvalue weighted by atomic mass is 9.90. The Morgan fingerprint density at radius 2 is 1.93 bits per heavy atom. The molecule has 1 fully saturated rings. The first-order chi connectivity index (χ1) is 6.89. The van der Waals surface area contributed by atoms with Crippen LogP contribution in [0.4, 0.5) is 0 Å². The Morgan fingerprint density at radius 3 is 2.53 bits per heavy atom. The van der Waals surface area contributed by atoms with Crippen LogP contribution < -0.4 is 0 Å². The van der Waals surface area contributed by atoms with Crippen molar-refractivity contribution in [1.82, 2.24) is 4.90 Å². The second-order valence-corrected chi connectivity index (χ2v) is 6.85. The number of nitrogens with zero attached hydrogens (tertiary/aromatic N) is 1. The lowest BCUT2D eigenvalue weighted by Crippen LogP contribution is -2.37. The number of ketones is 1. The lowest BCUT2D eigenvalue weighted by molar-refractivity contribution is -0.127. The fourth-order valence-corrected chi connectivity index (χ4v) is 2.61. The predicted molar refractivity (Wildman–Crippen MR) is 63.4 cm³/mol. The summed E-state index contributed by atoms with van der Waals surface area (Å²) in [6, 6.07) is 0. The van der Waals surface area contributed by atoms with Crippen LogP contribution in [0.5, 0.6) is 0 Å². The fraction of sp³-hybridized carbons (Fsp3) is 0.909. The molecule has 1 aliphatic heterocycles. The third-order valence-corrected chi connectivity index (χ3v) is 4.07. The summed E-state index contributed by atoms with van der Waals surface area (Å²) in [7, 11) is -0.667. The summed E-state index contributed by atoms with van der Waals surface area (Å²) in [5.74, 6) is 1.78. The van der Waals surface area contributed by atoms with Gasteiger partial charge in [0.25, 0.3) is 0 Å². The van der Waals surface area contributed by atoms with Crippen LogP contribution >= 0.6 is 0 Å². The third-order valence-electron chi connectivity index (χ3n) is 2.69. The van der Waals surface area contributed by atoms with Crippen molar-refractivity contribution in [2.75, 3.05) is 31.1 Å². The Bertz CT molecular complexity index is 258. The molecule has 0 saturated carbocycles. The molecule has 0 radical (unpaired) electrons. The number of hydrogen-bond acceptors (Lipinski definition) is 3. The smallest absolute Gasteiger partial charge is 0.152 e. The molecule has 1 aliphatic rings. The van der Waals surface area contributed by atoms with Crippen molar-refractivity contribution < 1.29 is 9.00 Å². The molecule has 1 saturated heterocycles. The lowest BCUT2D eigenvalue weighted by Gasteiger charge is -2.23. The molecule has 0 aromatic carbocycles. The van der Waals surface area contributed by atoms with Crippen molar-refractivity contribution in [2.45, 2.75) is 27.2 Å². The number of hydrogen-bond donors (Lipinski definition) is 0. The Labute approximate surface area is 94.7 Å². The second-order valence-electron chi connectivity index (χ2n) is 5.15. The summed E-state index contributed by atoms with van der Waals surface area (Å²) >= 11 is 0. The Balaban J connectivity index is 2.45. The second kappa shape index (κ2) is 5.21. The molecule has 0 spiro atoms. The summed E-state index contributed by atoms with van der Waals surface area (Å²) in [5.41, 5.74) is -0.258. The van der Waals surface area contributed by atoms with E-state index in [2.05, 4.69) is 4.90 Å². The maximum atomic E-state index is 11.8. The molecule has 0 bridgehead atoms. The van der Waals surface area contributed by atoms with E-state index in [9.17, 15) is 9.00 Å². The molecule has 0 aromatic heterocycles. The van der Waals surface area contributed by atoms with Gasteiger partial charge in [-0.3, -0.25) is 13.9 Å². The van der Waals surface area contributed by atoms with Gasteiger partial charge in [0.15, 0.2) is 5.78 Å². The van der Waals surface area contributed by atoms with Crippen molar-refractivity contribution in [1.29, 1.82) is 0 Å². The van der Waals surface area contributed by atoms with Gasteiger partial charge in [0.1, 0.15) is 0 Å². The van der Waals surface area contributed by atoms with Gasteiger partial charge in [0, 0.05) is 34.3 Å². The topological polar surface area (TPSA) is 37.4 Å². The first-order valence-corrected chi connectivity index (χ1v) is 6.99. The molecule has 0 N–H and O–H groups in total. The number of carbonyl (C=O) groups excluding carboxylic acids is 1. The number of rotatable bonds is 2. The van der Waals surface area contributed by atoms with Crippen molar-refractivity contribution in [3.05, 3.63) is 0 Å². The average Bonchev–Trinajstić information content (AvgIpc) is 2.29. The predicted octanol–water partition coefficient (Wildman–Crippen LogP) is 1.06. The summed E-state index contributed by atoms with van der Waals surface area (Å²) in [5, 5.41) is 0. The van der Waals surface area contributed by atoms with Gasteiger partial charge in [0.2, 0.25) is 0 Å². The van der Waals surface area contributed by atoms with Gasteiger partial charge in [-0.2, -0.15) is 0 Å². The maximum Gasteiger partial charge on any atom is 0.152 e. The average molecular weight is 231 g/mol. The molecular weight excluding hydrogens is 210 g/mol. The van der Waals surface area contributed by atoms with E-state index in [0.717, 1.165) is 31.0 Å². The van der Waals surface area contributed by atoms with Crippen LogP contribution in [-0.4, -0.2) is 46.0 Å². The highest BCUT2D eigenvalue weighted by Gasteiger charge is 2.24. The van der Waals surface area contributed by atoms with Crippen LogP contribution in [0.1, 0.15) is 27.2 Å². The third kappa shape index (κ3) is 4.43. The Morgan fingerprint density at radius 1 is 1.27 bits per heavy atom. The number of Topliss-reactive ketones (excluding diaryl/α,β-unsaturated/α-hetero) is 1. The standard InChI is InChI=1S/C11H21NO2S/c1-11(2,3)10(13)9-12-5-4-7-15(14)8-6-12/h4-9H2,1-3H3. The monoisotopic (exact) mass is 231 g/mol. The molecule has 0 aliphatic carbocycles. The van der Waals surface area contributed by atoms with E-state index >= 15 is 0 Å². The molecule has 4 heteroatoms. The van der Waals surface area contributed by atoms with Crippen molar-refractivity contribution >= 4 is 16.6 Å². The Hall–Kier alpha value is -0.220. The van der Waals surface area contributed by atoms with Gasteiger partial charge in [-0.15, -0.1) is 0 Å². The van der Waals surface area contributed by atoms with E-state index in [-0.39, 0.29) is 11.2 Å². The van der Waals surface area contributed by atoms with E-state index in [1.165, 1.54) is 0 Å². The molecule has 1 rings (SSSR count). The van der Waals surface area contributed by atoms with E-state index in [1.807, 2.05) is 20.8 Å². The van der Waals surface area contributed by atoms with E-state index in [1.54, 1.807) is 0 Å². The van der Waals surface area contributed by atoms with Crippen molar-refractivity contribution in [2.24, 2.45) is 5.41 Å². The fourth-order valence-electron chi connectivity index (χ4n) is 1.49. The molecular formula is C11H21NO2S. The maximum absolute atomic E-state index is 11.8. The van der Waals surface area contributed by atoms with Gasteiger partial charge >= 0.3 is 0 Å². The number of carbonyl (C=O) groups is 1. The SMILES string of the molecule is CC(C)(C)C(=O)CN1CCCS(=O)CC1. The van der Waals surface area contributed by atoms with E-state index < -0.39 is 10.8 Å². The zero-order chi connectivity index (χ0) is 11.5. The zero-order valence-electron chi connectivity index (χ0n) is 9.91. The molecule has 15 heavy (non-hydrogen) atoms. The van der Waals surface area contributed by atoms with Gasteiger partial charge in [-0.25, -0.2) is 0 Å². The molecule has 3 nitrogen and oxygen atoms in total. The van der Waals surface area contributed by atoms with Crippen molar-refractivity contribution in [3.8, 4) is 0 Å². The minimum Gasteiger partial charge on any atom is -0.298 e. The van der Waals surface area contributed by atoms with Crippen LogP contribution in [0.25, 0.3) is 0 Å². The normalized spacial score (nSPS) is 24.9. The van der Waals surface area contributed by atoms with Crippen LogP contribution in [0.2, 0.25) is 0 Å². The molecule has 1 unspecified atom stereocenters. The summed E-state index contributed by atoms with van der Waals surface area (Å²) < 4.78 is 11.3. The molecule has 1 atom stereocenters. The molecule has 1 heterocycles. The molecule has 0 aromatic rings. The molecule has 88 valence electrons. The van der Waals surface area contributed by atoms with E-state index in [0.29, 0.717) is 6.54 Å². The minimum atomic E-state index is -0.667. The Kier molecular flexibility index (Phi) is 4.46. The van der Waals surface area contributed by atoms with Gasteiger partial charge in [-0.05, 0) is 13.0 Å². The van der Waals surface area contributed by atoms with E-state index in [4.69, 9.17) is 0 Å². The first kappa shape index (κ1) is 12.8. The van der Waals surface area contributed by atoms with Gasteiger partial charge in [-0.1, -0.05) is 20.8 Å². The summed E-state index contributed by atoms with van der Waals surface area (Å²) in [6.07, 6.45) is 0.948. The van der Waals surface area contributed by atoms with Crippen LogP contribution in [0.15, 0.2) is 0 Å². The first-order valence-electron chi connectivity index (χ1n) is 5.50.